The molecule has 1 aliphatic carbocycles. The monoisotopic (exact) mass is 436 g/mol. The maximum atomic E-state index is 13.5. The first-order valence-corrected chi connectivity index (χ1v) is 11.2. The Morgan fingerprint density at radius 1 is 1.03 bits per heavy atom. The minimum absolute atomic E-state index is 0.0509. The molecule has 2 aliphatic rings. The zero-order chi connectivity index (χ0) is 22.4. The molecular formula is C26H24N6O. The third-order valence-corrected chi connectivity index (χ3v) is 6.60. The van der Waals surface area contributed by atoms with E-state index in [1.807, 2.05) is 36.5 Å². The van der Waals surface area contributed by atoms with Gasteiger partial charge in [-0.3, -0.25) is 14.5 Å². The van der Waals surface area contributed by atoms with Crippen LogP contribution in [0.25, 0.3) is 11.4 Å². The molecule has 1 amide bonds. The minimum atomic E-state index is -0.0509. The molecule has 164 valence electrons. The number of aryl methyl sites for hydroxylation is 1. The lowest BCUT2D eigenvalue weighted by Crippen LogP contribution is -2.42. The molecule has 0 bridgehead atoms. The number of nitrogens with zero attached hydrogens (tertiary/aromatic N) is 6. The van der Waals surface area contributed by atoms with E-state index in [4.69, 9.17) is 0 Å². The van der Waals surface area contributed by atoms with E-state index in [9.17, 15) is 4.79 Å². The van der Waals surface area contributed by atoms with E-state index in [0.717, 1.165) is 17.5 Å². The van der Waals surface area contributed by atoms with Crippen molar-refractivity contribution in [2.45, 2.75) is 19.0 Å². The maximum Gasteiger partial charge on any atom is 0.288 e. The maximum absolute atomic E-state index is 13.5. The standard InChI is InChI=1S/C26H24N6O/c1-30-13-10-23(29-30)26(33)32-17-21-15-19-7-2-3-9-22(19)24(21)31(32)16-18-6-4-8-20(14-18)25-27-11-5-12-28-25/h2-14,21,24H,15-17H2,1H3/t21-,24+/m0/s1. The van der Waals surface area contributed by atoms with E-state index >= 15 is 0 Å². The van der Waals surface area contributed by atoms with Gasteiger partial charge in [-0.15, -0.1) is 0 Å². The van der Waals surface area contributed by atoms with Crippen molar-refractivity contribution in [1.82, 2.24) is 29.8 Å². The van der Waals surface area contributed by atoms with Gasteiger partial charge in [0.1, 0.15) is 0 Å². The van der Waals surface area contributed by atoms with Gasteiger partial charge < -0.3 is 0 Å². The number of hydrogen-bond acceptors (Lipinski definition) is 5. The summed E-state index contributed by atoms with van der Waals surface area (Å²) in [5.74, 6) is 1.02. The van der Waals surface area contributed by atoms with Crippen molar-refractivity contribution in [2.75, 3.05) is 6.54 Å². The summed E-state index contributed by atoms with van der Waals surface area (Å²) in [5.41, 5.74) is 5.26. The highest BCUT2D eigenvalue weighted by Crippen LogP contribution is 2.46. The van der Waals surface area contributed by atoms with Gasteiger partial charge in [0.2, 0.25) is 0 Å². The van der Waals surface area contributed by atoms with Gasteiger partial charge in [-0.1, -0.05) is 42.5 Å². The summed E-state index contributed by atoms with van der Waals surface area (Å²) in [4.78, 5) is 22.3. The summed E-state index contributed by atoms with van der Waals surface area (Å²) in [6.07, 6.45) is 6.31. The fraction of sp³-hybridized carbons (Fsp3) is 0.231. The van der Waals surface area contributed by atoms with Gasteiger partial charge >= 0.3 is 0 Å². The van der Waals surface area contributed by atoms with Crippen molar-refractivity contribution in [2.24, 2.45) is 13.0 Å². The van der Waals surface area contributed by atoms with Crippen molar-refractivity contribution in [3.8, 4) is 11.4 Å². The molecule has 4 aromatic rings. The molecule has 0 spiro atoms. The van der Waals surface area contributed by atoms with Gasteiger partial charge in [0.05, 0.1) is 6.04 Å². The number of carbonyl (C=O) groups is 1. The molecule has 1 saturated heterocycles. The normalized spacial score (nSPS) is 19.5. The molecule has 0 unspecified atom stereocenters. The molecule has 2 atom stereocenters. The van der Waals surface area contributed by atoms with Crippen LogP contribution in [0.1, 0.15) is 33.2 Å². The Balaban J connectivity index is 1.36. The second-order valence-electron chi connectivity index (χ2n) is 8.74. The zero-order valence-corrected chi connectivity index (χ0v) is 18.4. The van der Waals surface area contributed by atoms with Crippen molar-refractivity contribution >= 4 is 5.91 Å². The Morgan fingerprint density at radius 2 is 1.88 bits per heavy atom. The molecular weight excluding hydrogens is 412 g/mol. The van der Waals surface area contributed by atoms with Crippen molar-refractivity contribution in [3.63, 3.8) is 0 Å². The molecule has 1 aliphatic heterocycles. The predicted octanol–water partition coefficient (Wildman–Crippen LogP) is 3.66. The van der Waals surface area contributed by atoms with E-state index < -0.39 is 0 Å². The van der Waals surface area contributed by atoms with Gasteiger partial charge in [0.15, 0.2) is 11.5 Å². The van der Waals surface area contributed by atoms with Gasteiger partial charge in [-0.05, 0) is 41.3 Å². The van der Waals surface area contributed by atoms with Crippen LogP contribution in [-0.4, -0.2) is 42.2 Å². The number of fused-ring (bicyclic) bond motifs is 3. The second kappa shape index (κ2) is 7.94. The molecule has 6 rings (SSSR count). The number of amides is 1. The van der Waals surface area contributed by atoms with Crippen molar-refractivity contribution in [1.29, 1.82) is 0 Å². The summed E-state index contributed by atoms with van der Waals surface area (Å²) < 4.78 is 1.67. The SMILES string of the molecule is Cn1ccc(C(=O)N2C[C@@H]3Cc4ccccc4[C@@H]3N2Cc2cccc(-c3ncccn3)c2)n1. The summed E-state index contributed by atoms with van der Waals surface area (Å²) >= 11 is 0. The largest absolute Gasteiger partial charge is 0.288 e. The Morgan fingerprint density at radius 3 is 2.70 bits per heavy atom. The molecule has 33 heavy (non-hydrogen) atoms. The molecule has 0 radical (unpaired) electrons. The summed E-state index contributed by atoms with van der Waals surface area (Å²) in [5, 5.41) is 8.51. The van der Waals surface area contributed by atoms with E-state index in [0.29, 0.717) is 30.5 Å². The van der Waals surface area contributed by atoms with Crippen LogP contribution in [0.3, 0.4) is 0 Å². The number of benzene rings is 2. The van der Waals surface area contributed by atoms with Gasteiger partial charge in [-0.25, -0.2) is 15.0 Å². The lowest BCUT2D eigenvalue weighted by molar-refractivity contribution is -0.00304. The van der Waals surface area contributed by atoms with Crippen molar-refractivity contribution < 1.29 is 4.79 Å². The lowest BCUT2D eigenvalue weighted by Gasteiger charge is -2.32. The summed E-state index contributed by atoms with van der Waals surface area (Å²) in [6, 6.07) is 20.7. The number of hydrogen-bond donors (Lipinski definition) is 0. The molecule has 1 fully saturated rings. The molecule has 2 aromatic carbocycles. The molecule has 2 aromatic heterocycles. The van der Waals surface area contributed by atoms with Crippen LogP contribution in [0.4, 0.5) is 0 Å². The first-order valence-electron chi connectivity index (χ1n) is 11.2. The molecule has 7 heteroatoms. The molecule has 3 heterocycles. The van der Waals surface area contributed by atoms with Gasteiger partial charge in [0, 0.05) is 50.2 Å². The minimum Gasteiger partial charge on any atom is -0.275 e. The van der Waals surface area contributed by atoms with Gasteiger partial charge in [0.25, 0.3) is 5.91 Å². The Hall–Kier alpha value is -3.84. The average Bonchev–Trinajstić information content (AvgIpc) is 3.54. The van der Waals surface area contributed by atoms with Crippen LogP contribution >= 0.6 is 0 Å². The van der Waals surface area contributed by atoms with Crippen LogP contribution in [0.15, 0.2) is 79.3 Å². The fourth-order valence-electron chi connectivity index (χ4n) is 5.19. The fourth-order valence-corrected chi connectivity index (χ4v) is 5.19. The first-order chi connectivity index (χ1) is 16.2. The second-order valence-corrected chi connectivity index (χ2v) is 8.74. The van der Waals surface area contributed by atoms with Gasteiger partial charge in [-0.2, -0.15) is 5.10 Å². The quantitative estimate of drug-likeness (QED) is 0.488. The predicted molar refractivity (Wildman–Crippen MR) is 124 cm³/mol. The molecule has 7 nitrogen and oxygen atoms in total. The molecule has 0 N–H and O–H groups in total. The van der Waals surface area contributed by atoms with E-state index in [1.165, 1.54) is 11.1 Å². The highest BCUT2D eigenvalue weighted by atomic mass is 16.2. The number of carbonyl (C=O) groups excluding carboxylic acids is 1. The topological polar surface area (TPSA) is 67.2 Å². The molecule has 0 saturated carbocycles. The Labute approximate surface area is 192 Å². The lowest BCUT2D eigenvalue weighted by atomic mass is 10.0. The van der Waals surface area contributed by atoms with E-state index in [-0.39, 0.29) is 11.9 Å². The van der Waals surface area contributed by atoms with Crippen LogP contribution in [0.5, 0.6) is 0 Å². The smallest absolute Gasteiger partial charge is 0.275 e. The average molecular weight is 437 g/mol. The number of hydrazine groups is 1. The van der Waals surface area contributed by atoms with Crippen LogP contribution in [0.2, 0.25) is 0 Å². The zero-order valence-electron chi connectivity index (χ0n) is 18.4. The number of aromatic nitrogens is 4. The van der Waals surface area contributed by atoms with Crippen LogP contribution < -0.4 is 0 Å². The Kier molecular flexibility index (Phi) is 4.77. The summed E-state index contributed by atoms with van der Waals surface area (Å²) in [6.45, 7) is 1.31. The third-order valence-electron chi connectivity index (χ3n) is 6.60. The highest BCUT2D eigenvalue weighted by molar-refractivity contribution is 5.92. The summed E-state index contributed by atoms with van der Waals surface area (Å²) in [7, 11) is 1.83. The Bertz CT molecular complexity index is 1320. The first kappa shape index (κ1) is 19.8. The van der Waals surface area contributed by atoms with E-state index in [1.54, 1.807) is 23.1 Å². The van der Waals surface area contributed by atoms with E-state index in [2.05, 4.69) is 56.5 Å². The van der Waals surface area contributed by atoms with Crippen LogP contribution in [0, 0.1) is 5.92 Å². The highest BCUT2D eigenvalue weighted by Gasteiger charge is 2.47. The van der Waals surface area contributed by atoms with Crippen molar-refractivity contribution in [3.05, 3.63) is 102 Å². The van der Waals surface area contributed by atoms with Crippen LogP contribution in [-0.2, 0) is 20.0 Å². The number of rotatable bonds is 4. The third kappa shape index (κ3) is 3.50.